The molecule has 0 unspecified atom stereocenters. The molecular formula is C17H26BrNO. The molecule has 0 heterocycles. The minimum Gasteiger partial charge on any atom is -0.493 e. The van der Waals surface area contributed by atoms with Gasteiger partial charge in [-0.1, -0.05) is 36.2 Å². The lowest BCUT2D eigenvalue weighted by molar-refractivity contribution is 0.123. The molecule has 0 radical (unpaired) electrons. The van der Waals surface area contributed by atoms with E-state index >= 15 is 0 Å². The van der Waals surface area contributed by atoms with Crippen molar-refractivity contribution in [1.82, 2.24) is 5.32 Å². The second kappa shape index (κ2) is 7.46. The van der Waals surface area contributed by atoms with Gasteiger partial charge in [-0.15, -0.1) is 0 Å². The van der Waals surface area contributed by atoms with Gasteiger partial charge in [0.1, 0.15) is 5.75 Å². The van der Waals surface area contributed by atoms with E-state index in [0.717, 1.165) is 36.3 Å². The fraction of sp³-hybridized carbons (Fsp3) is 0.647. The molecular weight excluding hydrogens is 314 g/mol. The third kappa shape index (κ3) is 3.98. The maximum atomic E-state index is 5.83. The summed E-state index contributed by atoms with van der Waals surface area (Å²) in [7, 11) is 0. The van der Waals surface area contributed by atoms with Crippen LogP contribution in [0.4, 0.5) is 0 Å². The Balaban J connectivity index is 1.92. The molecule has 0 amide bonds. The molecule has 20 heavy (non-hydrogen) atoms. The molecule has 1 N–H and O–H groups in total. The highest BCUT2D eigenvalue weighted by Crippen LogP contribution is 2.43. The SMILES string of the molecule is CCCOc1ccc(Br)cc1CNCC1(CC)CCC1. The van der Waals surface area contributed by atoms with Crippen molar-refractivity contribution in [2.75, 3.05) is 13.2 Å². The van der Waals surface area contributed by atoms with Gasteiger partial charge in [-0.3, -0.25) is 0 Å². The molecule has 112 valence electrons. The van der Waals surface area contributed by atoms with Gasteiger partial charge in [0.15, 0.2) is 0 Å². The fourth-order valence-corrected chi connectivity index (χ4v) is 3.24. The second-order valence-electron chi connectivity index (χ2n) is 5.91. The molecule has 0 saturated heterocycles. The standard InChI is InChI=1S/C17H26BrNO/c1-3-10-20-16-7-6-15(18)11-14(16)12-19-13-17(4-2)8-5-9-17/h6-7,11,19H,3-5,8-10,12-13H2,1-2H3. The summed E-state index contributed by atoms with van der Waals surface area (Å²) in [6.45, 7) is 7.26. The first-order chi connectivity index (χ1) is 9.69. The second-order valence-corrected chi connectivity index (χ2v) is 6.83. The van der Waals surface area contributed by atoms with Crippen molar-refractivity contribution in [3.8, 4) is 5.75 Å². The number of rotatable bonds is 8. The van der Waals surface area contributed by atoms with E-state index in [1.54, 1.807) is 0 Å². The van der Waals surface area contributed by atoms with Gasteiger partial charge in [0.05, 0.1) is 6.61 Å². The van der Waals surface area contributed by atoms with Crippen LogP contribution < -0.4 is 10.1 Å². The predicted molar refractivity (Wildman–Crippen MR) is 88.2 cm³/mol. The molecule has 1 aliphatic rings. The Hall–Kier alpha value is -0.540. The van der Waals surface area contributed by atoms with Crippen molar-refractivity contribution >= 4 is 15.9 Å². The van der Waals surface area contributed by atoms with Gasteiger partial charge in [-0.05, 0) is 49.3 Å². The minimum atomic E-state index is 0.566. The Morgan fingerprint density at radius 2 is 2.10 bits per heavy atom. The van der Waals surface area contributed by atoms with Gasteiger partial charge in [-0.25, -0.2) is 0 Å². The highest BCUT2D eigenvalue weighted by molar-refractivity contribution is 9.10. The first-order valence-electron chi connectivity index (χ1n) is 7.81. The summed E-state index contributed by atoms with van der Waals surface area (Å²) in [5.41, 5.74) is 1.81. The van der Waals surface area contributed by atoms with E-state index in [2.05, 4.69) is 47.2 Å². The summed E-state index contributed by atoms with van der Waals surface area (Å²) >= 11 is 3.55. The number of benzene rings is 1. The van der Waals surface area contributed by atoms with Crippen molar-refractivity contribution in [2.24, 2.45) is 5.41 Å². The van der Waals surface area contributed by atoms with Crippen LogP contribution in [0.25, 0.3) is 0 Å². The van der Waals surface area contributed by atoms with Crippen LogP contribution in [0.15, 0.2) is 22.7 Å². The summed E-state index contributed by atoms with van der Waals surface area (Å²) in [4.78, 5) is 0. The molecule has 0 aromatic heterocycles. The Kier molecular flexibility index (Phi) is 5.91. The highest BCUT2D eigenvalue weighted by Gasteiger charge is 2.34. The van der Waals surface area contributed by atoms with Gasteiger partial charge in [0.2, 0.25) is 0 Å². The van der Waals surface area contributed by atoms with E-state index < -0.39 is 0 Å². The molecule has 1 aliphatic carbocycles. The first-order valence-corrected chi connectivity index (χ1v) is 8.60. The third-order valence-electron chi connectivity index (χ3n) is 4.46. The quantitative estimate of drug-likeness (QED) is 0.726. The zero-order valence-electron chi connectivity index (χ0n) is 12.7. The molecule has 0 aliphatic heterocycles. The topological polar surface area (TPSA) is 21.3 Å². The summed E-state index contributed by atoms with van der Waals surface area (Å²) in [5, 5.41) is 3.64. The lowest BCUT2D eigenvalue weighted by Gasteiger charge is -2.41. The smallest absolute Gasteiger partial charge is 0.123 e. The molecule has 0 atom stereocenters. The van der Waals surface area contributed by atoms with Crippen molar-refractivity contribution < 1.29 is 4.74 Å². The maximum Gasteiger partial charge on any atom is 0.123 e. The largest absolute Gasteiger partial charge is 0.493 e. The zero-order chi connectivity index (χ0) is 14.4. The summed E-state index contributed by atoms with van der Waals surface area (Å²) < 4.78 is 6.95. The van der Waals surface area contributed by atoms with Crippen LogP contribution in [0.3, 0.4) is 0 Å². The summed E-state index contributed by atoms with van der Waals surface area (Å²) in [6, 6.07) is 6.28. The van der Waals surface area contributed by atoms with E-state index in [4.69, 9.17) is 4.74 Å². The minimum absolute atomic E-state index is 0.566. The van der Waals surface area contributed by atoms with Crippen molar-refractivity contribution in [3.63, 3.8) is 0 Å². The van der Waals surface area contributed by atoms with E-state index in [9.17, 15) is 0 Å². The number of halogens is 1. The summed E-state index contributed by atoms with van der Waals surface area (Å²) in [6.07, 6.45) is 6.50. The van der Waals surface area contributed by atoms with Gasteiger partial charge in [0.25, 0.3) is 0 Å². The van der Waals surface area contributed by atoms with Crippen LogP contribution in [-0.2, 0) is 6.54 Å². The number of hydrogen-bond acceptors (Lipinski definition) is 2. The maximum absolute atomic E-state index is 5.83. The van der Waals surface area contributed by atoms with E-state index in [1.807, 2.05) is 6.07 Å². The van der Waals surface area contributed by atoms with E-state index in [-0.39, 0.29) is 0 Å². The average molecular weight is 340 g/mol. The normalized spacial score (nSPS) is 16.8. The van der Waals surface area contributed by atoms with Gasteiger partial charge in [0, 0.05) is 23.1 Å². The number of nitrogens with one attached hydrogen (secondary N) is 1. The summed E-state index contributed by atoms with van der Waals surface area (Å²) in [5.74, 6) is 1.02. The monoisotopic (exact) mass is 339 g/mol. The van der Waals surface area contributed by atoms with Crippen LogP contribution in [0, 0.1) is 5.41 Å². The average Bonchev–Trinajstić information content (AvgIpc) is 2.41. The van der Waals surface area contributed by atoms with Crippen LogP contribution in [0.2, 0.25) is 0 Å². The van der Waals surface area contributed by atoms with Gasteiger partial charge in [-0.2, -0.15) is 0 Å². The molecule has 0 spiro atoms. The third-order valence-corrected chi connectivity index (χ3v) is 4.96. The van der Waals surface area contributed by atoms with Gasteiger partial charge >= 0.3 is 0 Å². The Bertz CT molecular complexity index is 423. The molecule has 1 saturated carbocycles. The van der Waals surface area contributed by atoms with Crippen molar-refractivity contribution in [3.05, 3.63) is 28.2 Å². The predicted octanol–water partition coefficient (Wildman–Crippen LogP) is 4.91. The molecule has 2 rings (SSSR count). The zero-order valence-corrected chi connectivity index (χ0v) is 14.3. The number of hydrogen-bond donors (Lipinski definition) is 1. The lowest BCUT2D eigenvalue weighted by Crippen LogP contribution is -2.39. The lowest BCUT2D eigenvalue weighted by atomic mass is 9.67. The Morgan fingerprint density at radius 1 is 1.30 bits per heavy atom. The van der Waals surface area contributed by atoms with E-state index in [1.165, 1.54) is 31.2 Å². The molecule has 0 bridgehead atoms. The van der Waals surface area contributed by atoms with Crippen LogP contribution in [-0.4, -0.2) is 13.2 Å². The van der Waals surface area contributed by atoms with Crippen molar-refractivity contribution in [1.29, 1.82) is 0 Å². The Morgan fingerprint density at radius 3 is 2.70 bits per heavy atom. The van der Waals surface area contributed by atoms with Crippen LogP contribution >= 0.6 is 15.9 Å². The Labute approximate surface area is 131 Å². The van der Waals surface area contributed by atoms with Crippen LogP contribution in [0.1, 0.15) is 51.5 Å². The van der Waals surface area contributed by atoms with Crippen molar-refractivity contribution in [2.45, 2.75) is 52.5 Å². The first kappa shape index (κ1) is 15.8. The molecule has 1 aromatic carbocycles. The van der Waals surface area contributed by atoms with Gasteiger partial charge < -0.3 is 10.1 Å². The molecule has 3 heteroatoms. The highest BCUT2D eigenvalue weighted by atomic mass is 79.9. The fourth-order valence-electron chi connectivity index (χ4n) is 2.83. The molecule has 1 aromatic rings. The van der Waals surface area contributed by atoms with Crippen LogP contribution in [0.5, 0.6) is 5.75 Å². The molecule has 1 fully saturated rings. The molecule has 2 nitrogen and oxygen atoms in total. The number of ether oxygens (including phenoxy) is 1. The van der Waals surface area contributed by atoms with E-state index in [0.29, 0.717) is 5.41 Å².